The van der Waals surface area contributed by atoms with E-state index < -0.39 is 12.1 Å². The molecule has 0 aliphatic heterocycles. The molecule has 0 aliphatic rings. The highest BCUT2D eigenvalue weighted by Crippen LogP contribution is 2.32. The highest BCUT2D eigenvalue weighted by Gasteiger charge is 2.18. The monoisotopic (exact) mass is 222 g/mol. The summed E-state index contributed by atoms with van der Waals surface area (Å²) >= 11 is 11.0. The highest BCUT2D eigenvalue weighted by molar-refractivity contribution is 6.43. The van der Waals surface area contributed by atoms with E-state index in [9.17, 15) is 8.78 Å². The molecule has 0 amide bonds. The molecule has 1 rings (SSSR count). The number of rotatable bonds is 1. The Morgan fingerprint density at radius 1 is 1.38 bits per heavy atom. The summed E-state index contributed by atoms with van der Waals surface area (Å²) in [7, 11) is 0. The van der Waals surface area contributed by atoms with Gasteiger partial charge in [0, 0.05) is 6.20 Å². The van der Waals surface area contributed by atoms with E-state index in [1.54, 1.807) is 6.07 Å². The largest absolute Gasteiger partial charge is 0.281 e. The number of nitriles is 1. The van der Waals surface area contributed by atoms with E-state index in [1.165, 1.54) is 0 Å². The molecule has 0 N–H and O–H groups in total. The molecule has 0 atom stereocenters. The van der Waals surface area contributed by atoms with Gasteiger partial charge in [-0.3, -0.25) is 4.98 Å². The predicted molar refractivity (Wildman–Crippen MR) is 43.9 cm³/mol. The van der Waals surface area contributed by atoms with Crippen molar-refractivity contribution in [3.8, 4) is 6.07 Å². The summed E-state index contributed by atoms with van der Waals surface area (Å²) in [6.45, 7) is 0. The van der Waals surface area contributed by atoms with E-state index in [1.807, 2.05) is 0 Å². The van der Waals surface area contributed by atoms with Crippen molar-refractivity contribution in [1.82, 2.24) is 4.98 Å². The van der Waals surface area contributed by atoms with E-state index in [4.69, 9.17) is 28.5 Å². The number of aromatic nitrogens is 1. The van der Waals surface area contributed by atoms with Crippen molar-refractivity contribution in [2.75, 3.05) is 0 Å². The van der Waals surface area contributed by atoms with Crippen LogP contribution in [-0.4, -0.2) is 4.98 Å². The van der Waals surface area contributed by atoms with Gasteiger partial charge in [-0.2, -0.15) is 5.26 Å². The molecular weight excluding hydrogens is 221 g/mol. The summed E-state index contributed by atoms with van der Waals surface area (Å²) < 4.78 is 24.3. The molecule has 6 heteroatoms. The minimum Gasteiger partial charge on any atom is -0.252 e. The first-order valence-corrected chi connectivity index (χ1v) is 3.85. The van der Waals surface area contributed by atoms with Gasteiger partial charge in [0.15, 0.2) is 0 Å². The molecule has 0 radical (unpaired) electrons. The average Bonchev–Trinajstić information content (AvgIpc) is 2.09. The first-order valence-electron chi connectivity index (χ1n) is 3.10. The van der Waals surface area contributed by atoms with Crippen molar-refractivity contribution in [2.24, 2.45) is 0 Å². The van der Waals surface area contributed by atoms with Crippen molar-refractivity contribution >= 4 is 23.2 Å². The molecule has 2 nitrogen and oxygen atoms in total. The Morgan fingerprint density at radius 2 is 2.00 bits per heavy atom. The topological polar surface area (TPSA) is 36.7 Å². The average molecular weight is 223 g/mol. The van der Waals surface area contributed by atoms with E-state index in [-0.39, 0.29) is 15.6 Å². The summed E-state index contributed by atoms with van der Waals surface area (Å²) in [5, 5.41) is 7.90. The molecule has 13 heavy (non-hydrogen) atoms. The van der Waals surface area contributed by atoms with Gasteiger partial charge >= 0.3 is 0 Å². The van der Waals surface area contributed by atoms with Gasteiger partial charge in [0.2, 0.25) is 0 Å². The number of nitrogens with zero attached hydrogens (tertiary/aromatic N) is 2. The first-order chi connectivity index (χ1) is 6.07. The third-order valence-electron chi connectivity index (χ3n) is 1.31. The van der Waals surface area contributed by atoms with Gasteiger partial charge in [-0.1, -0.05) is 23.2 Å². The van der Waals surface area contributed by atoms with Gasteiger partial charge in [-0.05, 0) is 0 Å². The quantitative estimate of drug-likeness (QED) is 0.732. The zero-order chi connectivity index (χ0) is 10.0. The number of pyridine rings is 1. The maximum Gasteiger partial charge on any atom is 0.281 e. The second-order valence-corrected chi connectivity index (χ2v) is 2.85. The Hall–Kier alpha value is -0.920. The predicted octanol–water partition coefficient (Wildman–Crippen LogP) is 3.20. The summed E-state index contributed by atoms with van der Waals surface area (Å²) in [5.74, 6) is 0. The second kappa shape index (κ2) is 3.86. The second-order valence-electron chi connectivity index (χ2n) is 2.10. The zero-order valence-electron chi connectivity index (χ0n) is 6.06. The van der Waals surface area contributed by atoms with Crippen LogP contribution in [0.1, 0.15) is 17.7 Å². The number of hydrogen-bond donors (Lipinski definition) is 0. The van der Waals surface area contributed by atoms with Gasteiger partial charge in [-0.25, -0.2) is 8.78 Å². The van der Waals surface area contributed by atoms with Gasteiger partial charge in [-0.15, -0.1) is 0 Å². The Balaban J connectivity index is 3.33. The lowest BCUT2D eigenvalue weighted by atomic mass is 10.2. The number of halogens is 4. The molecule has 68 valence electrons. The molecular formula is C7H2Cl2F2N2. The molecule has 0 fully saturated rings. The summed E-state index contributed by atoms with van der Waals surface area (Å²) in [5.41, 5.74) is -0.623. The molecule has 0 saturated carbocycles. The van der Waals surface area contributed by atoms with E-state index in [0.29, 0.717) is 0 Å². The summed E-state index contributed by atoms with van der Waals surface area (Å²) in [6.07, 6.45) is -1.83. The Kier molecular flexibility index (Phi) is 3.02. The van der Waals surface area contributed by atoms with Crippen molar-refractivity contribution in [3.05, 3.63) is 27.5 Å². The van der Waals surface area contributed by atoms with E-state index >= 15 is 0 Å². The van der Waals surface area contributed by atoms with Gasteiger partial charge in [0.1, 0.15) is 11.8 Å². The smallest absolute Gasteiger partial charge is 0.252 e. The molecule has 1 aromatic rings. The van der Waals surface area contributed by atoms with Crippen molar-refractivity contribution in [2.45, 2.75) is 6.43 Å². The molecule has 0 saturated heterocycles. The third kappa shape index (κ3) is 1.87. The third-order valence-corrected chi connectivity index (χ3v) is 2.19. The molecule has 1 heterocycles. The lowest BCUT2D eigenvalue weighted by Gasteiger charge is -2.03. The number of hydrogen-bond acceptors (Lipinski definition) is 2. The van der Waals surface area contributed by atoms with Crippen molar-refractivity contribution in [3.63, 3.8) is 0 Å². The first kappa shape index (κ1) is 10.2. The van der Waals surface area contributed by atoms with Crippen molar-refractivity contribution < 1.29 is 8.78 Å². The van der Waals surface area contributed by atoms with Crippen LogP contribution in [0.3, 0.4) is 0 Å². The van der Waals surface area contributed by atoms with Crippen LogP contribution in [-0.2, 0) is 0 Å². The van der Waals surface area contributed by atoms with E-state index in [0.717, 1.165) is 6.20 Å². The summed E-state index contributed by atoms with van der Waals surface area (Å²) in [6, 6.07) is 1.68. The minimum atomic E-state index is -2.79. The fraction of sp³-hybridized carbons (Fsp3) is 0.143. The number of alkyl halides is 2. The van der Waals surface area contributed by atoms with Gasteiger partial charge in [0.05, 0.1) is 15.6 Å². The van der Waals surface area contributed by atoms with Crippen LogP contribution in [0, 0.1) is 11.3 Å². The van der Waals surface area contributed by atoms with Crippen molar-refractivity contribution in [1.29, 1.82) is 5.26 Å². The SMILES string of the molecule is N#Cc1cnc(C(F)F)c(Cl)c1Cl. The molecule has 0 aliphatic carbocycles. The normalized spacial score (nSPS) is 10.2. The van der Waals surface area contributed by atoms with E-state index in [2.05, 4.69) is 4.98 Å². The standard InChI is InChI=1S/C7H2Cl2F2N2/c8-4-3(1-12)2-13-6(5(4)9)7(10)11/h2,7H. The zero-order valence-corrected chi connectivity index (χ0v) is 7.57. The Morgan fingerprint density at radius 3 is 2.46 bits per heavy atom. The minimum absolute atomic E-state index is 0.0175. The van der Waals surface area contributed by atoms with Crippen LogP contribution in [0.25, 0.3) is 0 Å². The van der Waals surface area contributed by atoms with Crippen LogP contribution in [0.2, 0.25) is 10.0 Å². The van der Waals surface area contributed by atoms with Crippen LogP contribution >= 0.6 is 23.2 Å². The maximum absolute atomic E-state index is 12.2. The summed E-state index contributed by atoms with van der Waals surface area (Å²) in [4.78, 5) is 3.32. The molecule has 0 bridgehead atoms. The van der Waals surface area contributed by atoms with Crippen LogP contribution < -0.4 is 0 Å². The lowest BCUT2D eigenvalue weighted by Crippen LogP contribution is -1.94. The Labute approximate surface area is 82.7 Å². The van der Waals surface area contributed by atoms with Gasteiger partial charge in [0.25, 0.3) is 6.43 Å². The molecule has 0 spiro atoms. The molecule has 0 unspecified atom stereocenters. The van der Waals surface area contributed by atoms with Crippen LogP contribution in [0.5, 0.6) is 0 Å². The van der Waals surface area contributed by atoms with Crippen LogP contribution in [0.15, 0.2) is 6.20 Å². The Bertz CT molecular complexity index is 373. The lowest BCUT2D eigenvalue weighted by molar-refractivity contribution is 0.146. The fourth-order valence-corrected chi connectivity index (χ4v) is 1.13. The highest BCUT2D eigenvalue weighted by atomic mass is 35.5. The molecule has 0 aromatic carbocycles. The maximum atomic E-state index is 12.2. The van der Waals surface area contributed by atoms with Crippen LogP contribution in [0.4, 0.5) is 8.78 Å². The fourth-order valence-electron chi connectivity index (χ4n) is 0.708. The molecule has 1 aromatic heterocycles. The van der Waals surface area contributed by atoms with Gasteiger partial charge < -0.3 is 0 Å².